The van der Waals surface area contributed by atoms with Gasteiger partial charge in [-0.15, -0.1) is 5.10 Å². The molecule has 0 spiro atoms. The standard InChI is InChI=1S/C30H23Cl2N5O6S2/c31-24-8-3-6-20(28(24)32)16-34-36-30-37(17-22-7-4-14-42-22)29(39)26(44-30)15-19-5-1-2-9-25(19)43-18-27(38)35-21-10-12-23(13-11-21)45(33,40)41/h1-16H,17-18H2,(H,35,38)(H2,33,40,41)/b26-15-,34-16+,36-30-. The van der Waals surface area contributed by atoms with Crippen molar-refractivity contribution in [3.63, 3.8) is 0 Å². The van der Waals surface area contributed by atoms with Crippen molar-refractivity contribution in [2.75, 3.05) is 11.9 Å². The Morgan fingerprint density at radius 1 is 1.02 bits per heavy atom. The second-order valence-corrected chi connectivity index (χ2v) is 12.7. The van der Waals surface area contributed by atoms with Gasteiger partial charge in [0.2, 0.25) is 10.0 Å². The fourth-order valence-corrected chi connectivity index (χ4v) is 5.78. The highest BCUT2D eigenvalue weighted by Gasteiger charge is 2.34. The first-order valence-electron chi connectivity index (χ1n) is 13.0. The summed E-state index contributed by atoms with van der Waals surface area (Å²) in [5.41, 5.74) is 1.47. The molecule has 230 valence electrons. The molecule has 0 aliphatic carbocycles. The van der Waals surface area contributed by atoms with Gasteiger partial charge in [-0.25, -0.2) is 13.6 Å². The second kappa shape index (κ2) is 14.1. The van der Waals surface area contributed by atoms with Gasteiger partial charge in [-0.05, 0) is 66.4 Å². The number of para-hydroxylation sites is 1. The van der Waals surface area contributed by atoms with Crippen LogP contribution in [0.3, 0.4) is 0 Å². The van der Waals surface area contributed by atoms with Crippen molar-refractivity contribution >= 4 is 79.9 Å². The van der Waals surface area contributed by atoms with Crippen LogP contribution in [0.5, 0.6) is 5.75 Å². The third kappa shape index (κ3) is 8.21. The maximum Gasteiger partial charge on any atom is 0.267 e. The van der Waals surface area contributed by atoms with E-state index in [4.69, 9.17) is 37.5 Å². The first-order valence-corrected chi connectivity index (χ1v) is 16.1. The summed E-state index contributed by atoms with van der Waals surface area (Å²) in [5, 5.41) is 17.2. The summed E-state index contributed by atoms with van der Waals surface area (Å²) < 4.78 is 34.1. The van der Waals surface area contributed by atoms with Crippen molar-refractivity contribution < 1.29 is 27.2 Å². The normalized spacial score (nSPS) is 15.4. The zero-order valence-corrected chi connectivity index (χ0v) is 26.2. The summed E-state index contributed by atoms with van der Waals surface area (Å²) in [7, 11) is -3.85. The van der Waals surface area contributed by atoms with E-state index in [2.05, 4.69) is 15.5 Å². The lowest BCUT2D eigenvalue weighted by Crippen LogP contribution is -2.28. The van der Waals surface area contributed by atoms with Gasteiger partial charge in [-0.3, -0.25) is 14.5 Å². The lowest BCUT2D eigenvalue weighted by atomic mass is 10.2. The van der Waals surface area contributed by atoms with Crippen LogP contribution in [0.4, 0.5) is 5.69 Å². The minimum Gasteiger partial charge on any atom is -0.483 e. The molecule has 0 radical (unpaired) electrons. The Bertz CT molecular complexity index is 1930. The molecule has 2 heterocycles. The number of ether oxygens (including phenoxy) is 1. The van der Waals surface area contributed by atoms with Gasteiger partial charge in [-0.2, -0.15) is 5.10 Å². The van der Waals surface area contributed by atoms with Crippen molar-refractivity contribution in [3.8, 4) is 5.75 Å². The number of amidine groups is 1. The number of nitrogens with one attached hydrogen (secondary N) is 1. The second-order valence-electron chi connectivity index (χ2n) is 9.30. The number of sulfonamides is 1. The van der Waals surface area contributed by atoms with Crippen LogP contribution in [0.1, 0.15) is 16.9 Å². The Hall–Kier alpha value is -4.40. The Morgan fingerprint density at radius 3 is 2.51 bits per heavy atom. The number of furan rings is 1. The molecule has 2 amide bonds. The van der Waals surface area contributed by atoms with Gasteiger partial charge in [-0.1, -0.05) is 53.5 Å². The molecular formula is C30H23Cl2N5O6S2. The van der Waals surface area contributed by atoms with Gasteiger partial charge >= 0.3 is 0 Å². The molecule has 0 unspecified atom stereocenters. The molecule has 0 bridgehead atoms. The van der Waals surface area contributed by atoms with Crippen LogP contribution >= 0.6 is 35.0 Å². The Morgan fingerprint density at radius 2 is 1.78 bits per heavy atom. The van der Waals surface area contributed by atoms with Crippen LogP contribution < -0.4 is 15.2 Å². The number of hydrogen-bond acceptors (Lipinski definition) is 9. The molecule has 1 fully saturated rings. The average Bonchev–Trinajstić information content (AvgIpc) is 3.63. The van der Waals surface area contributed by atoms with Crippen molar-refractivity contribution in [1.82, 2.24) is 4.90 Å². The highest BCUT2D eigenvalue weighted by molar-refractivity contribution is 8.18. The number of primary sulfonamides is 1. The lowest BCUT2D eigenvalue weighted by Gasteiger charge is -2.12. The van der Waals surface area contributed by atoms with E-state index < -0.39 is 15.9 Å². The summed E-state index contributed by atoms with van der Waals surface area (Å²) in [4.78, 5) is 27.8. The smallest absolute Gasteiger partial charge is 0.267 e. The van der Waals surface area contributed by atoms with Crippen LogP contribution in [0.2, 0.25) is 10.0 Å². The van der Waals surface area contributed by atoms with E-state index >= 15 is 0 Å². The predicted molar refractivity (Wildman–Crippen MR) is 175 cm³/mol. The number of benzene rings is 3. The summed E-state index contributed by atoms with van der Waals surface area (Å²) in [5.74, 6) is 0.0917. The number of rotatable bonds is 10. The van der Waals surface area contributed by atoms with E-state index in [9.17, 15) is 18.0 Å². The van der Waals surface area contributed by atoms with Crippen LogP contribution in [-0.4, -0.2) is 43.1 Å². The van der Waals surface area contributed by atoms with E-state index in [1.54, 1.807) is 60.7 Å². The largest absolute Gasteiger partial charge is 0.483 e. The number of carbonyl (C=O) groups is 2. The van der Waals surface area contributed by atoms with Crippen molar-refractivity contribution in [1.29, 1.82) is 0 Å². The van der Waals surface area contributed by atoms with E-state index in [0.29, 0.717) is 48.4 Å². The van der Waals surface area contributed by atoms with Gasteiger partial charge in [0.05, 0.1) is 38.9 Å². The number of nitrogens with two attached hydrogens (primary N) is 1. The number of nitrogens with zero attached hydrogens (tertiary/aromatic N) is 3. The minimum absolute atomic E-state index is 0.0775. The van der Waals surface area contributed by atoms with Gasteiger partial charge in [0.25, 0.3) is 11.8 Å². The Kier molecular flexibility index (Phi) is 10.1. The molecule has 45 heavy (non-hydrogen) atoms. The molecule has 1 saturated heterocycles. The van der Waals surface area contributed by atoms with E-state index in [1.165, 1.54) is 41.6 Å². The molecule has 3 N–H and O–H groups in total. The van der Waals surface area contributed by atoms with Crippen molar-refractivity contribution in [2.24, 2.45) is 15.3 Å². The number of hydrogen-bond donors (Lipinski definition) is 2. The van der Waals surface area contributed by atoms with Crippen LogP contribution in [0, 0.1) is 0 Å². The van der Waals surface area contributed by atoms with Gasteiger partial charge in [0.1, 0.15) is 11.5 Å². The van der Waals surface area contributed by atoms with Crippen molar-refractivity contribution in [3.05, 3.63) is 117 Å². The molecule has 11 nitrogen and oxygen atoms in total. The number of carbonyl (C=O) groups excluding carboxylic acids is 2. The molecule has 1 aromatic heterocycles. The monoisotopic (exact) mass is 683 g/mol. The maximum absolute atomic E-state index is 13.5. The fraction of sp³-hybridized carbons (Fsp3) is 0.0667. The summed E-state index contributed by atoms with van der Waals surface area (Å²) in [6, 6.07) is 20.9. The summed E-state index contributed by atoms with van der Waals surface area (Å²) >= 11 is 13.4. The third-order valence-corrected chi connectivity index (χ3v) is 8.89. The molecule has 1 aliphatic rings. The highest BCUT2D eigenvalue weighted by atomic mass is 35.5. The molecular weight excluding hydrogens is 661 g/mol. The fourth-order valence-electron chi connectivity index (χ4n) is 3.98. The minimum atomic E-state index is -3.85. The summed E-state index contributed by atoms with van der Waals surface area (Å²) in [6.45, 7) is -0.227. The zero-order chi connectivity index (χ0) is 32.0. The number of halogens is 2. The Balaban J connectivity index is 1.33. The van der Waals surface area contributed by atoms with Crippen LogP contribution in [-0.2, 0) is 26.2 Å². The predicted octanol–water partition coefficient (Wildman–Crippen LogP) is 5.76. The first kappa shape index (κ1) is 32.0. The number of amides is 2. The average molecular weight is 685 g/mol. The molecule has 5 rings (SSSR count). The summed E-state index contributed by atoms with van der Waals surface area (Å²) in [6.07, 6.45) is 4.60. The molecule has 3 aromatic carbocycles. The first-order chi connectivity index (χ1) is 21.6. The van der Waals surface area contributed by atoms with Gasteiger partial charge in [0, 0.05) is 16.8 Å². The lowest BCUT2D eigenvalue weighted by molar-refractivity contribution is -0.122. The highest BCUT2D eigenvalue weighted by Crippen LogP contribution is 2.35. The molecule has 15 heteroatoms. The van der Waals surface area contributed by atoms with Crippen LogP contribution in [0.25, 0.3) is 6.08 Å². The van der Waals surface area contributed by atoms with E-state index in [-0.39, 0.29) is 24.0 Å². The number of thioether (sulfide) groups is 1. The molecule has 0 atom stereocenters. The van der Waals surface area contributed by atoms with Gasteiger partial charge in [0.15, 0.2) is 11.8 Å². The zero-order valence-electron chi connectivity index (χ0n) is 23.1. The molecule has 1 aliphatic heterocycles. The van der Waals surface area contributed by atoms with E-state index in [1.807, 2.05) is 0 Å². The van der Waals surface area contributed by atoms with E-state index in [0.717, 1.165) is 11.8 Å². The van der Waals surface area contributed by atoms with Crippen LogP contribution in [0.15, 0.2) is 110 Å². The Labute approximate surface area is 272 Å². The topological polar surface area (TPSA) is 157 Å². The molecule has 4 aromatic rings. The van der Waals surface area contributed by atoms with Gasteiger partial charge < -0.3 is 14.5 Å². The third-order valence-electron chi connectivity index (χ3n) is 6.13. The quantitative estimate of drug-likeness (QED) is 0.122. The van der Waals surface area contributed by atoms with Crippen molar-refractivity contribution in [2.45, 2.75) is 11.4 Å². The number of anilines is 1. The molecule has 0 saturated carbocycles. The maximum atomic E-state index is 13.5. The SMILES string of the molecule is NS(=O)(=O)c1ccc(NC(=O)COc2ccccc2/C=C2\S/C(=N\N=C\c3cccc(Cl)c3Cl)N(Cc3ccco3)C2=O)cc1.